The molecule has 5 heterocycles. The van der Waals surface area contributed by atoms with Crippen molar-refractivity contribution in [3.63, 3.8) is 0 Å². The van der Waals surface area contributed by atoms with E-state index >= 15 is 0 Å². The Bertz CT molecular complexity index is 2340. The average Bonchev–Trinajstić information content (AvgIpc) is 3.64. The number of fused-ring (bicyclic) bond motifs is 1. The van der Waals surface area contributed by atoms with Crippen LogP contribution in [0.4, 0.5) is 17.1 Å². The zero-order valence-electron chi connectivity index (χ0n) is 37.4. The quantitative estimate of drug-likeness (QED) is 0.0725. The maximum Gasteiger partial charge on any atom is 0.277 e. The zero-order valence-corrected chi connectivity index (χ0v) is 39.0. The number of para-hydroxylation sites is 1. The van der Waals surface area contributed by atoms with E-state index < -0.39 is 0 Å². The fourth-order valence-corrected chi connectivity index (χ4v) is 8.71. The molecule has 1 aromatic heterocycles. The largest absolute Gasteiger partial charge is 0.448 e. The van der Waals surface area contributed by atoms with Crippen molar-refractivity contribution < 1.29 is 33.2 Å². The SMILES string of the molecule is CC1CCC(=O)N1.Cc1ccccc1N1CCN(c2ccc(C(=O)NCCCN3C(=O)CCC3C)cc2NC(=O)c2coc(C3CC3)n2)CC1.O=C1c2ccccc2C(=O)N1CCCBr. The Balaban J connectivity index is 0.000000233. The first-order valence-electron chi connectivity index (χ1n) is 22.8. The molecule has 0 bridgehead atoms. The van der Waals surface area contributed by atoms with Gasteiger partial charge in [-0.15, -0.1) is 0 Å². The molecule has 9 rings (SSSR count). The van der Waals surface area contributed by atoms with E-state index in [1.165, 1.54) is 22.4 Å². The number of alkyl halides is 1. The third-order valence-electron chi connectivity index (χ3n) is 12.4. The lowest BCUT2D eigenvalue weighted by molar-refractivity contribution is -0.128. The van der Waals surface area contributed by atoms with Crippen molar-refractivity contribution in [2.24, 2.45) is 0 Å². The number of nitrogens with one attached hydrogen (secondary N) is 3. The summed E-state index contributed by atoms with van der Waals surface area (Å²) in [5.74, 6) is 0.380. The minimum Gasteiger partial charge on any atom is -0.448 e. The van der Waals surface area contributed by atoms with Gasteiger partial charge in [-0.3, -0.25) is 33.7 Å². The highest BCUT2D eigenvalue weighted by atomic mass is 79.9. The molecule has 15 nitrogen and oxygen atoms in total. The summed E-state index contributed by atoms with van der Waals surface area (Å²) in [6, 6.07) is 21.5. The number of hydrogen-bond acceptors (Lipinski definition) is 10. The van der Waals surface area contributed by atoms with E-state index in [2.05, 4.69) is 84.8 Å². The van der Waals surface area contributed by atoms with Gasteiger partial charge in [0.1, 0.15) is 6.26 Å². The Morgan fingerprint density at radius 1 is 0.800 bits per heavy atom. The lowest BCUT2D eigenvalue weighted by atomic mass is 10.1. The second-order valence-electron chi connectivity index (χ2n) is 17.2. The fourth-order valence-electron chi connectivity index (χ4n) is 8.46. The van der Waals surface area contributed by atoms with Crippen molar-refractivity contribution in [1.29, 1.82) is 0 Å². The summed E-state index contributed by atoms with van der Waals surface area (Å²) in [7, 11) is 0. The van der Waals surface area contributed by atoms with E-state index in [4.69, 9.17) is 4.42 Å². The van der Waals surface area contributed by atoms with Gasteiger partial charge in [-0.2, -0.15) is 0 Å². The third-order valence-corrected chi connectivity index (χ3v) is 12.9. The van der Waals surface area contributed by atoms with Gasteiger partial charge in [0.05, 0.1) is 22.5 Å². The van der Waals surface area contributed by atoms with Crippen LogP contribution in [0.3, 0.4) is 0 Å². The second kappa shape index (κ2) is 21.8. The molecule has 2 unspecified atom stereocenters. The Morgan fingerprint density at radius 3 is 2.06 bits per heavy atom. The van der Waals surface area contributed by atoms with Gasteiger partial charge in [0.15, 0.2) is 11.6 Å². The van der Waals surface area contributed by atoms with Crippen LogP contribution < -0.4 is 25.8 Å². The van der Waals surface area contributed by atoms with Crippen LogP contribution in [-0.2, 0) is 9.59 Å². The number of anilines is 3. The topological polar surface area (TPSA) is 178 Å². The number of rotatable bonds is 13. The molecule has 0 radical (unpaired) electrons. The van der Waals surface area contributed by atoms with Crippen molar-refractivity contribution in [3.8, 4) is 0 Å². The lowest BCUT2D eigenvalue weighted by Gasteiger charge is -2.38. The number of aryl methyl sites for hydroxylation is 1. The Labute approximate surface area is 388 Å². The minimum absolute atomic E-state index is 0.170. The fraction of sp³-hybridized carbons (Fsp3) is 0.449. The van der Waals surface area contributed by atoms with Crippen LogP contribution in [0.2, 0.25) is 0 Å². The number of carbonyl (C=O) groups is 6. The van der Waals surface area contributed by atoms with E-state index in [1.54, 1.807) is 36.4 Å². The van der Waals surface area contributed by atoms with Gasteiger partial charge < -0.3 is 35.1 Å². The summed E-state index contributed by atoms with van der Waals surface area (Å²) < 4.78 is 5.55. The van der Waals surface area contributed by atoms with Crippen LogP contribution in [0.15, 0.2) is 77.4 Å². The number of piperazine rings is 1. The number of carbonyl (C=O) groups excluding carboxylic acids is 6. The molecule has 3 N–H and O–H groups in total. The lowest BCUT2D eigenvalue weighted by Crippen LogP contribution is -2.47. The highest BCUT2D eigenvalue weighted by Gasteiger charge is 2.34. The van der Waals surface area contributed by atoms with Crippen LogP contribution in [0, 0.1) is 6.92 Å². The number of oxazole rings is 1. The van der Waals surface area contributed by atoms with Gasteiger partial charge in [0.2, 0.25) is 11.8 Å². The van der Waals surface area contributed by atoms with Crippen LogP contribution in [0.1, 0.15) is 124 Å². The maximum atomic E-state index is 13.3. The average molecular weight is 952 g/mol. The molecule has 0 spiro atoms. The van der Waals surface area contributed by atoms with Crippen molar-refractivity contribution in [2.75, 3.05) is 66.3 Å². The first kappa shape index (κ1) is 46.9. The van der Waals surface area contributed by atoms with E-state index in [0.29, 0.717) is 72.7 Å². The molecule has 65 heavy (non-hydrogen) atoms. The smallest absolute Gasteiger partial charge is 0.277 e. The number of imide groups is 1. The maximum absolute atomic E-state index is 13.3. The van der Waals surface area contributed by atoms with Gasteiger partial charge >= 0.3 is 0 Å². The molecule has 4 aromatic rings. The van der Waals surface area contributed by atoms with Gasteiger partial charge in [-0.1, -0.05) is 46.3 Å². The molecule has 3 saturated heterocycles. The predicted octanol–water partition coefficient (Wildman–Crippen LogP) is 6.92. The Kier molecular flexibility index (Phi) is 15.7. The molecule has 4 fully saturated rings. The number of aromatic nitrogens is 1. The van der Waals surface area contributed by atoms with Crippen LogP contribution in [0.5, 0.6) is 0 Å². The minimum atomic E-state index is -0.364. The molecular formula is C49H59BrN8O7. The Hall–Kier alpha value is -6.03. The molecule has 3 aromatic carbocycles. The summed E-state index contributed by atoms with van der Waals surface area (Å²) in [4.78, 5) is 84.6. The summed E-state index contributed by atoms with van der Waals surface area (Å²) in [5.41, 5.74) is 5.66. The highest BCUT2D eigenvalue weighted by Crippen LogP contribution is 2.39. The predicted molar refractivity (Wildman–Crippen MR) is 253 cm³/mol. The highest BCUT2D eigenvalue weighted by molar-refractivity contribution is 9.09. The molecule has 5 aliphatic rings. The molecule has 1 aliphatic carbocycles. The van der Waals surface area contributed by atoms with E-state index in [-0.39, 0.29) is 47.2 Å². The van der Waals surface area contributed by atoms with Crippen LogP contribution in [0.25, 0.3) is 0 Å². The number of benzene rings is 3. The Morgan fingerprint density at radius 2 is 1.48 bits per heavy atom. The van der Waals surface area contributed by atoms with Gasteiger partial charge in [0, 0.05) is 93.2 Å². The number of likely N-dealkylation sites (tertiary alicyclic amines) is 1. The summed E-state index contributed by atoms with van der Waals surface area (Å²) in [5, 5.41) is 9.57. The first-order valence-corrected chi connectivity index (χ1v) is 23.9. The van der Waals surface area contributed by atoms with Crippen molar-refractivity contribution >= 4 is 68.4 Å². The number of amides is 6. The van der Waals surface area contributed by atoms with Crippen molar-refractivity contribution in [3.05, 3.63) is 107 Å². The molecule has 16 heteroatoms. The van der Waals surface area contributed by atoms with E-state index in [9.17, 15) is 28.8 Å². The van der Waals surface area contributed by atoms with Gasteiger partial charge in [-0.25, -0.2) is 4.98 Å². The molecule has 6 amide bonds. The van der Waals surface area contributed by atoms with E-state index in [1.807, 2.05) is 17.9 Å². The van der Waals surface area contributed by atoms with Crippen molar-refractivity contribution in [1.82, 2.24) is 25.4 Å². The summed E-state index contributed by atoms with van der Waals surface area (Å²) in [6.07, 6.45) is 8.17. The second-order valence-corrected chi connectivity index (χ2v) is 18.0. The molecule has 1 saturated carbocycles. The van der Waals surface area contributed by atoms with Crippen LogP contribution in [-0.4, -0.2) is 113 Å². The number of nitrogens with zero attached hydrogens (tertiary/aromatic N) is 5. The summed E-state index contributed by atoms with van der Waals surface area (Å²) in [6.45, 7) is 11.0. The normalized spacial score (nSPS) is 19.0. The van der Waals surface area contributed by atoms with Gasteiger partial charge in [0.25, 0.3) is 23.6 Å². The number of halogens is 1. The number of hydrogen-bond donors (Lipinski definition) is 3. The van der Waals surface area contributed by atoms with Crippen molar-refractivity contribution in [2.45, 2.75) is 90.1 Å². The monoisotopic (exact) mass is 950 g/mol. The molecule has 2 atom stereocenters. The zero-order chi connectivity index (χ0) is 46.0. The third kappa shape index (κ3) is 11.8. The standard InChI is InChI=1S/C33H40N6O4.C11H10BrNO2.C5H9NO/c1-22-6-3-4-7-28(22)37-16-18-38(19-17-37)29-12-11-25(31(41)34-14-5-15-39-23(2)8-13-30(39)40)20-26(29)35-32(42)27-21-43-33(36-27)24-9-10-24;12-6-3-7-13-10(14)8-4-1-2-5-9(8)11(13)15;1-4-2-3-5(7)6-4/h3-4,6-7,11-12,20-21,23-24H,5,8-10,13-19H2,1-2H3,(H,34,41)(H,35,42);1-2,4-5H,3,6-7H2;4H,2-3H2,1H3,(H,6,7). The van der Waals surface area contributed by atoms with E-state index in [0.717, 1.165) is 75.7 Å². The van der Waals surface area contributed by atoms with Gasteiger partial charge in [-0.05, 0) is 101 Å². The summed E-state index contributed by atoms with van der Waals surface area (Å²) >= 11 is 3.28. The molecular weight excluding hydrogens is 892 g/mol. The van der Waals surface area contributed by atoms with Crippen LogP contribution >= 0.6 is 15.9 Å². The molecule has 344 valence electrons. The molecule has 4 aliphatic heterocycles. The first-order chi connectivity index (χ1) is 31.4.